The van der Waals surface area contributed by atoms with E-state index < -0.39 is 0 Å². The molecule has 0 spiro atoms. The molecule has 0 unspecified atom stereocenters. The summed E-state index contributed by atoms with van der Waals surface area (Å²) in [7, 11) is 0. The average molecular weight is 362 g/mol. The lowest BCUT2D eigenvalue weighted by Crippen LogP contribution is -2.35. The Hall–Kier alpha value is -2.72. The van der Waals surface area contributed by atoms with E-state index in [2.05, 4.69) is 29.7 Å². The first-order valence-electron chi connectivity index (χ1n) is 8.59. The predicted molar refractivity (Wildman–Crippen MR) is 113 cm³/mol. The largest absolute Gasteiger partial charge is 0.332 e. The van der Waals surface area contributed by atoms with Gasteiger partial charge < -0.3 is 10.6 Å². The van der Waals surface area contributed by atoms with E-state index in [0.29, 0.717) is 5.11 Å². The zero-order valence-corrected chi connectivity index (χ0v) is 16.0. The van der Waals surface area contributed by atoms with Crippen LogP contribution in [0.5, 0.6) is 0 Å². The standard InChI is InChI=1S/C22H22N2OS/c1-14-11-15(2)21(16(3)12-14)24-22(26)23-20(25)13-18-9-6-8-17-7-4-5-10-19(17)18/h4-12H,13H2,1-3H3,(H2,23,24,25,26). The number of hydrogen-bond donors (Lipinski definition) is 2. The van der Waals surface area contributed by atoms with Crippen LogP contribution in [0.1, 0.15) is 22.3 Å². The van der Waals surface area contributed by atoms with Crippen LogP contribution in [-0.4, -0.2) is 11.0 Å². The van der Waals surface area contributed by atoms with Crippen molar-refractivity contribution in [2.75, 3.05) is 5.32 Å². The van der Waals surface area contributed by atoms with Gasteiger partial charge in [-0.3, -0.25) is 4.79 Å². The number of fused-ring (bicyclic) bond motifs is 1. The van der Waals surface area contributed by atoms with Gasteiger partial charge in [-0.1, -0.05) is 60.2 Å². The van der Waals surface area contributed by atoms with Crippen LogP contribution >= 0.6 is 12.2 Å². The maximum Gasteiger partial charge on any atom is 0.230 e. The van der Waals surface area contributed by atoms with Crippen molar-refractivity contribution in [1.82, 2.24) is 5.32 Å². The number of rotatable bonds is 3. The molecule has 0 aromatic heterocycles. The van der Waals surface area contributed by atoms with E-state index in [1.807, 2.05) is 56.3 Å². The minimum Gasteiger partial charge on any atom is -0.332 e. The molecule has 0 saturated carbocycles. The van der Waals surface area contributed by atoms with Crippen LogP contribution in [0.2, 0.25) is 0 Å². The monoisotopic (exact) mass is 362 g/mol. The Morgan fingerprint density at radius 2 is 1.62 bits per heavy atom. The molecule has 0 atom stereocenters. The lowest BCUT2D eigenvalue weighted by Gasteiger charge is -2.15. The Balaban J connectivity index is 1.69. The Labute approximate surface area is 159 Å². The molecule has 3 nitrogen and oxygen atoms in total. The fraction of sp³-hybridized carbons (Fsp3) is 0.182. The molecule has 3 rings (SSSR count). The number of hydrogen-bond acceptors (Lipinski definition) is 2. The Kier molecular flexibility index (Phi) is 5.33. The van der Waals surface area contributed by atoms with Gasteiger partial charge in [0.1, 0.15) is 0 Å². The Morgan fingerprint density at radius 3 is 2.35 bits per heavy atom. The van der Waals surface area contributed by atoms with Gasteiger partial charge in [0, 0.05) is 5.69 Å². The van der Waals surface area contributed by atoms with Gasteiger partial charge in [-0.25, -0.2) is 0 Å². The number of benzene rings is 3. The van der Waals surface area contributed by atoms with E-state index in [-0.39, 0.29) is 12.3 Å². The molecule has 0 aliphatic heterocycles. The molecule has 2 N–H and O–H groups in total. The highest BCUT2D eigenvalue weighted by molar-refractivity contribution is 7.80. The summed E-state index contributed by atoms with van der Waals surface area (Å²) >= 11 is 5.33. The summed E-state index contributed by atoms with van der Waals surface area (Å²) in [6.07, 6.45) is 0.287. The van der Waals surface area contributed by atoms with Gasteiger partial charge in [0.15, 0.2) is 5.11 Å². The summed E-state index contributed by atoms with van der Waals surface area (Å²) in [4.78, 5) is 12.4. The molecule has 0 heterocycles. The number of amides is 1. The van der Waals surface area contributed by atoms with Crippen LogP contribution in [0, 0.1) is 20.8 Å². The van der Waals surface area contributed by atoms with E-state index in [1.165, 1.54) is 5.56 Å². The molecule has 132 valence electrons. The number of carbonyl (C=O) groups excluding carboxylic acids is 1. The first-order chi connectivity index (χ1) is 12.4. The van der Waals surface area contributed by atoms with Crippen molar-refractivity contribution in [2.45, 2.75) is 27.2 Å². The number of thiocarbonyl (C=S) groups is 1. The summed E-state index contributed by atoms with van der Waals surface area (Å²) in [5.74, 6) is -0.124. The number of carbonyl (C=O) groups is 1. The van der Waals surface area contributed by atoms with E-state index in [4.69, 9.17) is 12.2 Å². The normalized spacial score (nSPS) is 10.6. The van der Waals surface area contributed by atoms with Gasteiger partial charge in [-0.2, -0.15) is 0 Å². The van der Waals surface area contributed by atoms with E-state index >= 15 is 0 Å². The molecular formula is C22H22N2OS. The molecule has 0 radical (unpaired) electrons. The van der Waals surface area contributed by atoms with Crippen LogP contribution < -0.4 is 10.6 Å². The van der Waals surface area contributed by atoms with Crippen LogP contribution in [0.25, 0.3) is 10.8 Å². The second kappa shape index (κ2) is 7.67. The first-order valence-corrected chi connectivity index (χ1v) is 9.00. The van der Waals surface area contributed by atoms with Gasteiger partial charge in [0.05, 0.1) is 6.42 Å². The van der Waals surface area contributed by atoms with Crippen molar-refractivity contribution in [2.24, 2.45) is 0 Å². The zero-order valence-electron chi connectivity index (χ0n) is 15.2. The van der Waals surface area contributed by atoms with E-state index in [9.17, 15) is 4.79 Å². The zero-order chi connectivity index (χ0) is 18.7. The molecule has 0 fully saturated rings. The second-order valence-electron chi connectivity index (χ2n) is 6.59. The molecule has 0 aliphatic carbocycles. The lowest BCUT2D eigenvalue weighted by atomic mass is 10.0. The van der Waals surface area contributed by atoms with Crippen molar-refractivity contribution >= 4 is 39.7 Å². The molecule has 0 saturated heterocycles. The number of aryl methyl sites for hydroxylation is 3. The average Bonchev–Trinajstić information content (AvgIpc) is 2.58. The maximum absolute atomic E-state index is 12.4. The van der Waals surface area contributed by atoms with Gasteiger partial charge in [0.2, 0.25) is 5.91 Å². The van der Waals surface area contributed by atoms with Crippen molar-refractivity contribution in [3.8, 4) is 0 Å². The van der Waals surface area contributed by atoms with Crippen molar-refractivity contribution < 1.29 is 4.79 Å². The summed E-state index contributed by atoms with van der Waals surface area (Å²) < 4.78 is 0. The van der Waals surface area contributed by atoms with E-state index in [0.717, 1.165) is 33.2 Å². The molecule has 0 aliphatic rings. The summed E-state index contributed by atoms with van der Waals surface area (Å²) in [5, 5.41) is 8.50. The maximum atomic E-state index is 12.4. The second-order valence-corrected chi connectivity index (χ2v) is 7.00. The Morgan fingerprint density at radius 1 is 0.962 bits per heavy atom. The molecule has 3 aromatic rings. The molecule has 0 bridgehead atoms. The molecular weight excluding hydrogens is 340 g/mol. The van der Waals surface area contributed by atoms with Gasteiger partial charge in [-0.05, 0) is 60.5 Å². The van der Waals surface area contributed by atoms with E-state index in [1.54, 1.807) is 0 Å². The van der Waals surface area contributed by atoms with Crippen molar-refractivity contribution in [3.63, 3.8) is 0 Å². The SMILES string of the molecule is Cc1cc(C)c(NC(=S)NC(=O)Cc2cccc3ccccc23)c(C)c1. The predicted octanol–water partition coefficient (Wildman–Crippen LogP) is 4.82. The number of nitrogens with one attached hydrogen (secondary N) is 2. The molecule has 3 aromatic carbocycles. The third-order valence-electron chi connectivity index (χ3n) is 4.40. The fourth-order valence-corrected chi connectivity index (χ4v) is 3.53. The van der Waals surface area contributed by atoms with Gasteiger partial charge >= 0.3 is 0 Å². The first kappa shape index (κ1) is 18.1. The van der Waals surface area contributed by atoms with Crippen molar-refractivity contribution in [3.05, 3.63) is 76.9 Å². The molecule has 1 amide bonds. The van der Waals surface area contributed by atoms with Gasteiger partial charge in [-0.15, -0.1) is 0 Å². The lowest BCUT2D eigenvalue weighted by molar-refractivity contribution is -0.119. The van der Waals surface area contributed by atoms with Crippen LogP contribution in [0.15, 0.2) is 54.6 Å². The summed E-state index contributed by atoms with van der Waals surface area (Å²) in [5.41, 5.74) is 5.36. The highest BCUT2D eigenvalue weighted by atomic mass is 32.1. The number of anilines is 1. The topological polar surface area (TPSA) is 41.1 Å². The molecule has 4 heteroatoms. The minimum absolute atomic E-state index is 0.124. The Bertz CT molecular complexity index is 966. The minimum atomic E-state index is -0.124. The molecule has 26 heavy (non-hydrogen) atoms. The fourth-order valence-electron chi connectivity index (χ4n) is 3.31. The highest BCUT2D eigenvalue weighted by Gasteiger charge is 2.11. The smallest absolute Gasteiger partial charge is 0.230 e. The third-order valence-corrected chi connectivity index (χ3v) is 4.60. The van der Waals surface area contributed by atoms with Crippen LogP contribution in [0.4, 0.5) is 5.69 Å². The summed E-state index contributed by atoms with van der Waals surface area (Å²) in [6, 6.07) is 18.3. The van der Waals surface area contributed by atoms with Crippen molar-refractivity contribution in [1.29, 1.82) is 0 Å². The quantitative estimate of drug-likeness (QED) is 0.656. The summed E-state index contributed by atoms with van der Waals surface area (Å²) in [6.45, 7) is 6.12. The van der Waals surface area contributed by atoms with Crippen LogP contribution in [0.3, 0.4) is 0 Å². The van der Waals surface area contributed by atoms with Gasteiger partial charge in [0.25, 0.3) is 0 Å². The third kappa shape index (κ3) is 4.09. The van der Waals surface area contributed by atoms with Crippen LogP contribution in [-0.2, 0) is 11.2 Å². The highest BCUT2D eigenvalue weighted by Crippen LogP contribution is 2.22.